The van der Waals surface area contributed by atoms with E-state index < -0.39 is 0 Å². The Hall–Kier alpha value is -0.240. The molecule has 16 heavy (non-hydrogen) atoms. The highest BCUT2D eigenvalue weighted by atomic mass is 35.5. The van der Waals surface area contributed by atoms with E-state index in [2.05, 4.69) is 13.8 Å². The molecule has 3 heteroatoms. The normalized spacial score (nSPS) is 12.5. The molecule has 0 aromatic rings. The van der Waals surface area contributed by atoms with Crippen molar-refractivity contribution < 1.29 is 4.79 Å². The van der Waals surface area contributed by atoms with Crippen molar-refractivity contribution in [3.63, 3.8) is 0 Å². The molecule has 0 aromatic heterocycles. The van der Waals surface area contributed by atoms with Gasteiger partial charge in [0, 0.05) is 13.1 Å². The molecule has 0 aliphatic carbocycles. The summed E-state index contributed by atoms with van der Waals surface area (Å²) in [7, 11) is 0. The van der Waals surface area contributed by atoms with Gasteiger partial charge in [0.2, 0.25) is 5.91 Å². The third-order valence-corrected chi connectivity index (χ3v) is 2.90. The Balaban J connectivity index is 4.00. The number of halogens is 1. The lowest BCUT2D eigenvalue weighted by atomic mass is 10.2. The van der Waals surface area contributed by atoms with Crippen LogP contribution < -0.4 is 0 Å². The first-order valence-corrected chi connectivity index (χ1v) is 7.00. The average Bonchev–Trinajstić information content (AvgIpc) is 2.26. The van der Waals surface area contributed by atoms with Gasteiger partial charge >= 0.3 is 0 Å². The van der Waals surface area contributed by atoms with Crippen molar-refractivity contribution in [3.8, 4) is 0 Å². The molecule has 96 valence electrons. The minimum Gasteiger partial charge on any atom is -0.341 e. The molecule has 0 fully saturated rings. The molecule has 0 saturated carbocycles. The maximum atomic E-state index is 11.8. The van der Waals surface area contributed by atoms with Gasteiger partial charge in [-0.2, -0.15) is 0 Å². The average molecular weight is 248 g/mol. The molecular weight excluding hydrogens is 222 g/mol. The second-order valence-corrected chi connectivity index (χ2v) is 5.01. The summed E-state index contributed by atoms with van der Waals surface area (Å²) >= 11 is 5.86. The van der Waals surface area contributed by atoms with E-state index in [-0.39, 0.29) is 11.3 Å². The lowest BCUT2D eigenvalue weighted by Gasteiger charge is -2.23. The van der Waals surface area contributed by atoms with Crippen molar-refractivity contribution >= 4 is 17.5 Å². The minimum absolute atomic E-state index is 0.0915. The van der Waals surface area contributed by atoms with Gasteiger partial charge < -0.3 is 4.90 Å². The summed E-state index contributed by atoms with van der Waals surface area (Å²) < 4.78 is 0. The van der Waals surface area contributed by atoms with Crippen molar-refractivity contribution in [2.24, 2.45) is 0 Å². The Morgan fingerprint density at radius 3 is 1.81 bits per heavy atom. The van der Waals surface area contributed by atoms with Crippen LogP contribution >= 0.6 is 11.6 Å². The minimum atomic E-state index is -0.386. The monoisotopic (exact) mass is 247 g/mol. The maximum Gasteiger partial charge on any atom is 0.240 e. The molecule has 0 heterocycles. The van der Waals surface area contributed by atoms with Crippen LogP contribution in [0.15, 0.2) is 0 Å². The van der Waals surface area contributed by atoms with Crippen LogP contribution in [0.1, 0.15) is 59.3 Å². The zero-order valence-corrected chi connectivity index (χ0v) is 11.7. The number of unbranched alkanes of at least 4 members (excludes halogenated alkanes) is 4. The summed E-state index contributed by atoms with van der Waals surface area (Å²) in [4.78, 5) is 13.8. The number of carbonyl (C=O) groups is 1. The zero-order chi connectivity index (χ0) is 12.4. The zero-order valence-electron chi connectivity index (χ0n) is 11.0. The maximum absolute atomic E-state index is 11.8. The Bertz CT molecular complexity index is 173. The molecule has 0 N–H and O–H groups in total. The fourth-order valence-corrected chi connectivity index (χ4v) is 1.83. The van der Waals surface area contributed by atoms with Crippen LogP contribution in [0.4, 0.5) is 0 Å². The first-order chi connectivity index (χ1) is 7.63. The van der Waals surface area contributed by atoms with Gasteiger partial charge in [-0.05, 0) is 19.8 Å². The summed E-state index contributed by atoms with van der Waals surface area (Å²) in [5, 5.41) is -0.386. The Kier molecular flexibility index (Phi) is 9.80. The number of carbonyl (C=O) groups excluding carboxylic acids is 1. The van der Waals surface area contributed by atoms with Gasteiger partial charge in [0.05, 0.1) is 0 Å². The molecule has 0 radical (unpaired) electrons. The largest absolute Gasteiger partial charge is 0.341 e. The Morgan fingerprint density at radius 2 is 1.50 bits per heavy atom. The molecule has 1 amide bonds. The number of hydrogen-bond donors (Lipinski definition) is 0. The number of amides is 1. The van der Waals surface area contributed by atoms with Gasteiger partial charge in [-0.3, -0.25) is 4.79 Å². The molecule has 2 nitrogen and oxygen atoms in total. The lowest BCUT2D eigenvalue weighted by Crippen LogP contribution is -2.37. The number of rotatable bonds is 9. The Morgan fingerprint density at radius 1 is 1.06 bits per heavy atom. The summed E-state index contributed by atoms with van der Waals surface area (Å²) in [5.41, 5.74) is 0. The highest BCUT2D eigenvalue weighted by Gasteiger charge is 2.17. The number of alkyl halides is 1. The van der Waals surface area contributed by atoms with Gasteiger partial charge in [-0.25, -0.2) is 0 Å². The van der Waals surface area contributed by atoms with Gasteiger partial charge in [0.15, 0.2) is 0 Å². The molecule has 0 spiro atoms. The third-order valence-electron chi connectivity index (χ3n) is 2.72. The van der Waals surface area contributed by atoms with E-state index in [0.717, 1.165) is 25.9 Å². The van der Waals surface area contributed by atoms with Crippen molar-refractivity contribution in [2.75, 3.05) is 13.1 Å². The van der Waals surface area contributed by atoms with Crippen molar-refractivity contribution in [3.05, 3.63) is 0 Å². The van der Waals surface area contributed by atoms with E-state index in [1.807, 2.05) is 4.90 Å². The highest BCUT2D eigenvalue weighted by Crippen LogP contribution is 2.07. The summed E-state index contributed by atoms with van der Waals surface area (Å²) in [6.07, 6.45) is 6.94. The highest BCUT2D eigenvalue weighted by molar-refractivity contribution is 6.30. The van der Waals surface area contributed by atoms with Crippen LogP contribution in [-0.2, 0) is 4.79 Å². The van der Waals surface area contributed by atoms with E-state index in [1.165, 1.54) is 25.7 Å². The second kappa shape index (κ2) is 9.95. The molecule has 0 bridgehead atoms. The van der Waals surface area contributed by atoms with Crippen LogP contribution in [0.25, 0.3) is 0 Å². The summed E-state index contributed by atoms with van der Waals surface area (Å²) in [6, 6.07) is 0. The predicted octanol–water partition coefficient (Wildman–Crippen LogP) is 3.82. The fourth-order valence-electron chi connectivity index (χ4n) is 1.69. The van der Waals surface area contributed by atoms with Crippen LogP contribution in [0.3, 0.4) is 0 Å². The smallest absolute Gasteiger partial charge is 0.240 e. The first-order valence-electron chi connectivity index (χ1n) is 6.56. The molecular formula is C13H26ClNO. The van der Waals surface area contributed by atoms with Crippen LogP contribution in [0.2, 0.25) is 0 Å². The van der Waals surface area contributed by atoms with Crippen molar-refractivity contribution in [1.29, 1.82) is 0 Å². The van der Waals surface area contributed by atoms with Gasteiger partial charge in [-0.15, -0.1) is 11.6 Å². The van der Waals surface area contributed by atoms with Gasteiger partial charge in [0.1, 0.15) is 5.38 Å². The van der Waals surface area contributed by atoms with E-state index in [9.17, 15) is 4.79 Å². The SMILES string of the molecule is CCCCCN(CCCCC)C(=O)C(C)Cl. The second-order valence-electron chi connectivity index (χ2n) is 4.36. The molecule has 0 saturated heterocycles. The van der Waals surface area contributed by atoms with E-state index in [1.54, 1.807) is 6.92 Å². The Labute approximate surface area is 105 Å². The molecule has 0 rings (SSSR count). The summed E-state index contributed by atoms with van der Waals surface area (Å²) in [6.45, 7) is 7.85. The number of hydrogen-bond acceptors (Lipinski definition) is 1. The van der Waals surface area contributed by atoms with E-state index in [4.69, 9.17) is 11.6 Å². The van der Waals surface area contributed by atoms with Crippen LogP contribution in [-0.4, -0.2) is 29.3 Å². The fraction of sp³-hybridized carbons (Fsp3) is 0.923. The number of nitrogens with zero attached hydrogens (tertiary/aromatic N) is 1. The third kappa shape index (κ3) is 7.10. The van der Waals surface area contributed by atoms with Crippen molar-refractivity contribution in [1.82, 2.24) is 4.90 Å². The summed E-state index contributed by atoms with van der Waals surface area (Å²) in [5.74, 6) is 0.0915. The molecule has 0 aromatic carbocycles. The predicted molar refractivity (Wildman–Crippen MR) is 70.9 cm³/mol. The molecule has 1 unspecified atom stereocenters. The lowest BCUT2D eigenvalue weighted by molar-refractivity contribution is -0.130. The first kappa shape index (κ1) is 15.8. The van der Waals surface area contributed by atoms with Crippen LogP contribution in [0.5, 0.6) is 0 Å². The van der Waals surface area contributed by atoms with Crippen molar-refractivity contribution in [2.45, 2.75) is 64.7 Å². The van der Waals surface area contributed by atoms with E-state index >= 15 is 0 Å². The quantitative estimate of drug-likeness (QED) is 0.448. The standard InChI is InChI=1S/C13H26ClNO/c1-4-6-8-10-15(11-9-7-5-2)13(16)12(3)14/h12H,4-11H2,1-3H3. The molecule has 0 aliphatic rings. The van der Waals surface area contributed by atoms with Crippen LogP contribution in [0, 0.1) is 0 Å². The molecule has 0 aliphatic heterocycles. The van der Waals surface area contributed by atoms with E-state index in [0.29, 0.717) is 0 Å². The van der Waals surface area contributed by atoms with Gasteiger partial charge in [-0.1, -0.05) is 39.5 Å². The molecule has 1 atom stereocenters. The topological polar surface area (TPSA) is 20.3 Å². The van der Waals surface area contributed by atoms with Gasteiger partial charge in [0.25, 0.3) is 0 Å².